The Labute approximate surface area is 295 Å². The fourth-order valence-corrected chi connectivity index (χ4v) is 7.93. The topological polar surface area (TPSA) is 64.6 Å². The SMILES string of the molecule is COc1cc([C@H]2C[C@H]2B2OC(C(OC)(c3ccccc3)c3ccccc3)[C@H](C(OC)(c3ccccc3)c3ccccc3)O2)cc(OC)c1OC. The Morgan fingerprint density at radius 3 is 1.18 bits per heavy atom. The van der Waals surface area contributed by atoms with Gasteiger partial charge in [-0.3, -0.25) is 0 Å². The van der Waals surface area contributed by atoms with E-state index in [4.69, 9.17) is 33.0 Å². The van der Waals surface area contributed by atoms with Crippen LogP contribution in [-0.2, 0) is 30.0 Å². The summed E-state index contributed by atoms with van der Waals surface area (Å²) in [5, 5.41) is 0. The highest BCUT2D eigenvalue weighted by molar-refractivity contribution is 6.48. The van der Waals surface area contributed by atoms with E-state index in [0.717, 1.165) is 34.2 Å². The van der Waals surface area contributed by atoms with E-state index in [9.17, 15) is 0 Å². The highest BCUT2D eigenvalue weighted by atomic mass is 16.7. The molecule has 0 spiro atoms. The molecule has 5 aromatic rings. The summed E-state index contributed by atoms with van der Waals surface area (Å²) in [4.78, 5) is 0. The van der Waals surface area contributed by atoms with Gasteiger partial charge in [-0.15, -0.1) is 0 Å². The molecule has 1 heterocycles. The lowest BCUT2D eigenvalue weighted by Crippen LogP contribution is -2.56. The molecule has 4 atom stereocenters. The molecule has 5 aromatic carbocycles. The Kier molecular flexibility index (Phi) is 9.71. The van der Waals surface area contributed by atoms with Crippen molar-refractivity contribution in [3.8, 4) is 17.2 Å². The molecule has 7 nitrogen and oxygen atoms in total. The normalized spacial score (nSPS) is 20.4. The molecule has 0 amide bonds. The van der Waals surface area contributed by atoms with E-state index in [0.29, 0.717) is 17.2 Å². The third kappa shape index (κ3) is 5.66. The zero-order valence-electron chi connectivity index (χ0n) is 29.2. The van der Waals surface area contributed by atoms with Crippen LogP contribution in [0, 0.1) is 0 Å². The fourth-order valence-electron chi connectivity index (χ4n) is 7.93. The van der Waals surface area contributed by atoms with Crippen LogP contribution in [0.15, 0.2) is 133 Å². The molecule has 0 radical (unpaired) electrons. The van der Waals surface area contributed by atoms with Gasteiger partial charge < -0.3 is 33.0 Å². The Balaban J connectivity index is 1.40. The molecule has 2 aliphatic rings. The molecule has 7 rings (SSSR count). The minimum atomic E-state index is -1.06. The molecule has 1 saturated carbocycles. The molecule has 256 valence electrons. The summed E-state index contributed by atoms with van der Waals surface area (Å²) in [6.45, 7) is 0. The number of hydrogen-bond donors (Lipinski definition) is 0. The van der Waals surface area contributed by atoms with E-state index in [-0.39, 0.29) is 11.7 Å². The van der Waals surface area contributed by atoms with E-state index in [1.54, 1.807) is 35.5 Å². The van der Waals surface area contributed by atoms with Crippen LogP contribution in [0.25, 0.3) is 0 Å². The Morgan fingerprint density at radius 1 is 0.520 bits per heavy atom. The first-order valence-corrected chi connectivity index (χ1v) is 17.0. The average Bonchev–Trinajstić information content (AvgIpc) is 3.88. The van der Waals surface area contributed by atoms with Gasteiger partial charge in [0, 0.05) is 20.0 Å². The third-order valence-electron chi connectivity index (χ3n) is 10.4. The number of ether oxygens (including phenoxy) is 5. The van der Waals surface area contributed by atoms with Crippen LogP contribution in [0.3, 0.4) is 0 Å². The third-order valence-corrected chi connectivity index (χ3v) is 10.4. The average molecular weight is 671 g/mol. The molecule has 1 aliphatic carbocycles. The Morgan fingerprint density at radius 2 is 0.880 bits per heavy atom. The van der Waals surface area contributed by atoms with Crippen molar-refractivity contribution in [2.75, 3.05) is 35.5 Å². The van der Waals surface area contributed by atoms with Crippen LogP contribution in [0.4, 0.5) is 0 Å². The summed E-state index contributed by atoms with van der Waals surface area (Å²) in [6, 6.07) is 45.2. The summed E-state index contributed by atoms with van der Waals surface area (Å²) in [7, 11) is 7.82. The quantitative estimate of drug-likeness (QED) is 0.118. The van der Waals surface area contributed by atoms with Crippen molar-refractivity contribution in [2.24, 2.45) is 0 Å². The van der Waals surface area contributed by atoms with Gasteiger partial charge in [-0.1, -0.05) is 121 Å². The molecule has 8 heteroatoms. The van der Waals surface area contributed by atoms with Gasteiger partial charge in [0.05, 0.1) is 21.3 Å². The van der Waals surface area contributed by atoms with Crippen molar-refractivity contribution >= 4 is 7.12 Å². The van der Waals surface area contributed by atoms with E-state index >= 15 is 0 Å². The van der Waals surface area contributed by atoms with Crippen molar-refractivity contribution in [1.29, 1.82) is 0 Å². The standard InChI is InChI=1S/C42H43BO7/c1-44-36-26-29(27-37(45-2)38(36)46-3)34-28-35(34)43-49-39(41(47-4,30-18-10-6-11-19-30)31-20-12-7-13-21-31)40(50-43)42(48-5,32-22-14-8-15-23-32)33-24-16-9-17-25-33/h6-27,34-35,39-40H,28H2,1-5H3/t34-,35-,39-,40?/m1/s1. The van der Waals surface area contributed by atoms with Crippen LogP contribution in [0.2, 0.25) is 5.82 Å². The molecular formula is C42H43BO7. The molecule has 2 fully saturated rings. The van der Waals surface area contributed by atoms with Crippen molar-refractivity contribution in [2.45, 2.75) is 41.6 Å². The number of hydrogen-bond acceptors (Lipinski definition) is 7. The molecular weight excluding hydrogens is 627 g/mol. The first kappa shape index (κ1) is 33.9. The molecule has 1 aliphatic heterocycles. The van der Waals surface area contributed by atoms with Crippen molar-refractivity contribution in [3.05, 3.63) is 161 Å². The first-order chi connectivity index (χ1) is 24.5. The lowest BCUT2D eigenvalue weighted by Gasteiger charge is -2.47. The molecule has 0 bridgehead atoms. The highest BCUT2D eigenvalue weighted by Crippen LogP contribution is 2.61. The minimum absolute atomic E-state index is 0.0486. The van der Waals surface area contributed by atoms with E-state index in [1.165, 1.54) is 0 Å². The maximum Gasteiger partial charge on any atom is 0.461 e. The smallest absolute Gasteiger partial charge is 0.461 e. The van der Waals surface area contributed by atoms with Gasteiger partial charge >= 0.3 is 7.12 Å². The van der Waals surface area contributed by atoms with Gasteiger partial charge in [-0.05, 0) is 52.3 Å². The first-order valence-electron chi connectivity index (χ1n) is 17.0. The lowest BCUT2D eigenvalue weighted by atomic mass is 9.71. The second kappa shape index (κ2) is 14.3. The second-order valence-electron chi connectivity index (χ2n) is 12.8. The lowest BCUT2D eigenvalue weighted by molar-refractivity contribution is -0.136. The fraction of sp³-hybridized carbons (Fsp3) is 0.286. The maximum atomic E-state index is 7.31. The van der Waals surface area contributed by atoms with Crippen LogP contribution in [-0.4, -0.2) is 54.9 Å². The van der Waals surface area contributed by atoms with Gasteiger partial charge in [0.2, 0.25) is 5.75 Å². The maximum absolute atomic E-state index is 7.31. The summed E-state index contributed by atoms with van der Waals surface area (Å²) in [6.07, 6.45) is -0.441. The Hall–Kier alpha value is -4.60. The van der Waals surface area contributed by atoms with Crippen LogP contribution >= 0.6 is 0 Å². The predicted molar refractivity (Wildman–Crippen MR) is 194 cm³/mol. The molecule has 0 aromatic heterocycles. The monoisotopic (exact) mass is 670 g/mol. The summed E-state index contributed by atoms with van der Waals surface area (Å²) >= 11 is 0. The van der Waals surface area contributed by atoms with Gasteiger partial charge in [0.25, 0.3) is 0 Å². The summed E-state index contributed by atoms with van der Waals surface area (Å²) < 4.78 is 45.2. The molecule has 1 saturated heterocycles. The number of rotatable bonds is 13. The van der Waals surface area contributed by atoms with Gasteiger partial charge in [-0.2, -0.15) is 0 Å². The number of methoxy groups -OCH3 is 5. The summed E-state index contributed by atoms with van der Waals surface area (Å²) in [5.41, 5.74) is 2.77. The van der Waals surface area contributed by atoms with Crippen molar-refractivity contribution < 1.29 is 33.0 Å². The second-order valence-corrected chi connectivity index (χ2v) is 12.8. The molecule has 50 heavy (non-hydrogen) atoms. The highest BCUT2D eigenvalue weighted by Gasteiger charge is 2.65. The molecule has 1 unspecified atom stereocenters. The van der Waals surface area contributed by atoms with Crippen LogP contribution in [0.1, 0.15) is 40.2 Å². The summed E-state index contributed by atoms with van der Waals surface area (Å²) in [5.74, 6) is 2.00. The zero-order valence-corrected chi connectivity index (χ0v) is 29.2. The van der Waals surface area contributed by atoms with Gasteiger partial charge in [0.1, 0.15) is 23.4 Å². The van der Waals surface area contributed by atoms with Crippen LogP contribution in [0.5, 0.6) is 17.2 Å². The minimum Gasteiger partial charge on any atom is -0.493 e. The number of benzene rings is 5. The predicted octanol–water partition coefficient (Wildman–Crippen LogP) is 8.02. The van der Waals surface area contributed by atoms with Crippen molar-refractivity contribution in [3.63, 3.8) is 0 Å². The zero-order chi connectivity index (χ0) is 34.7. The molecule has 0 N–H and O–H groups in total. The van der Waals surface area contributed by atoms with Gasteiger partial charge in [0.15, 0.2) is 11.5 Å². The van der Waals surface area contributed by atoms with E-state index in [1.807, 2.05) is 84.9 Å². The largest absolute Gasteiger partial charge is 0.493 e. The van der Waals surface area contributed by atoms with Crippen molar-refractivity contribution in [1.82, 2.24) is 0 Å². The van der Waals surface area contributed by atoms with Crippen LogP contribution < -0.4 is 14.2 Å². The van der Waals surface area contributed by atoms with E-state index in [2.05, 4.69) is 48.5 Å². The Bertz CT molecular complexity index is 1650. The van der Waals surface area contributed by atoms with E-state index < -0.39 is 30.5 Å². The van der Waals surface area contributed by atoms with Gasteiger partial charge in [-0.25, -0.2) is 0 Å².